The van der Waals surface area contributed by atoms with Crippen molar-refractivity contribution in [1.82, 2.24) is 0 Å². The average molecular weight is 1230 g/mol. The number of aliphatic carboxylic acids is 1. The number of phenols is 2. The maximum atomic E-state index is 12.9. The van der Waals surface area contributed by atoms with Crippen molar-refractivity contribution in [3.63, 3.8) is 0 Å². The van der Waals surface area contributed by atoms with E-state index in [0.29, 0.717) is 145 Å². The number of esters is 8. The number of rotatable bonds is 26. The van der Waals surface area contributed by atoms with Crippen LogP contribution in [0.5, 0.6) is 23.0 Å². The lowest BCUT2D eigenvalue weighted by molar-refractivity contribution is -0.153. The minimum absolute atomic E-state index is 0.181. The van der Waals surface area contributed by atoms with E-state index in [4.69, 9.17) is 57.4 Å². The van der Waals surface area contributed by atoms with E-state index >= 15 is 0 Å². The van der Waals surface area contributed by atoms with Crippen LogP contribution in [0.25, 0.3) is 0 Å². The topological polar surface area (TPSA) is 305 Å². The zero-order valence-corrected chi connectivity index (χ0v) is 49.4. The molecule has 0 heterocycles. The molecule has 2 aromatic carbocycles. The van der Waals surface area contributed by atoms with Gasteiger partial charge in [0.25, 0.3) is 0 Å². The van der Waals surface area contributed by atoms with Gasteiger partial charge in [-0.15, -0.1) is 0 Å². The lowest BCUT2D eigenvalue weighted by Crippen LogP contribution is -2.30. The van der Waals surface area contributed by atoms with Crippen molar-refractivity contribution < 1.29 is 101 Å². The van der Waals surface area contributed by atoms with E-state index in [1.807, 2.05) is 0 Å². The number of carbonyl (C=O) groups excluding carboxylic acids is 8. The van der Waals surface area contributed by atoms with Crippen LogP contribution in [0, 0.1) is 49.4 Å². The van der Waals surface area contributed by atoms with Crippen molar-refractivity contribution >= 4 is 84.3 Å². The number of carbonyl (C=O) groups is 9. The number of halogens is 2. The number of carboxylic acid groups (broad SMARTS) is 1. The largest absolute Gasteiger partial charge is 0.508 e. The Morgan fingerprint density at radius 2 is 0.783 bits per heavy atom. The molecule has 2 aromatic rings. The highest BCUT2D eigenvalue weighted by Gasteiger charge is 2.34. The van der Waals surface area contributed by atoms with Crippen LogP contribution in [-0.4, -0.2) is 113 Å². The molecule has 0 unspecified atom stereocenters. The summed E-state index contributed by atoms with van der Waals surface area (Å²) in [5.41, 5.74) is 1.33. The summed E-state index contributed by atoms with van der Waals surface area (Å²) in [6.45, 7) is 15.0. The molecule has 0 saturated heterocycles. The second-order valence-corrected chi connectivity index (χ2v) is 22.2. The SMILES string of the molecule is C=CC(=O)OCCCCOC(=O)C1CCC(C(=O)O)CC1.C=CC(=O)OCCCCOC(=O)C1CCC(C(=O)Oc2ccc(OC(=O)C3CCC(C(=O)OCCCCOC(=O)C=C)CC3)c(C)c2)CC1.Cc1cc(O)ccc1O.O=S(Cl)Cl. The Hall–Kier alpha value is -6.78. The van der Waals surface area contributed by atoms with Gasteiger partial charge in [0.2, 0.25) is 9.23 Å². The molecular formula is C59H78Cl2O21S. The molecule has 0 radical (unpaired) electrons. The maximum Gasteiger partial charge on any atom is 0.330 e. The Bertz CT molecular complexity index is 2470. The van der Waals surface area contributed by atoms with Crippen LogP contribution in [-0.2, 0) is 80.8 Å². The maximum absolute atomic E-state index is 12.9. The fourth-order valence-electron chi connectivity index (χ4n) is 8.72. The summed E-state index contributed by atoms with van der Waals surface area (Å²) in [5, 5.41) is 26.6. The molecule has 0 amide bonds. The normalized spacial score (nSPS) is 18.8. The Balaban J connectivity index is 0.000000560. The van der Waals surface area contributed by atoms with Gasteiger partial charge in [0.05, 0.1) is 75.1 Å². The van der Waals surface area contributed by atoms with Crippen molar-refractivity contribution in [3.05, 3.63) is 85.5 Å². The fourth-order valence-corrected chi connectivity index (χ4v) is 8.72. The number of aryl methyl sites for hydroxylation is 2. The van der Waals surface area contributed by atoms with Gasteiger partial charge in [-0.2, -0.15) is 0 Å². The summed E-state index contributed by atoms with van der Waals surface area (Å²) in [6.07, 6.45) is 13.3. The van der Waals surface area contributed by atoms with Crippen LogP contribution in [0.2, 0.25) is 0 Å². The van der Waals surface area contributed by atoms with Crippen LogP contribution >= 0.6 is 21.4 Å². The Labute approximate surface area is 495 Å². The molecule has 3 saturated carbocycles. The molecule has 5 rings (SSSR count). The average Bonchev–Trinajstić information content (AvgIpc) is 3.47. The zero-order chi connectivity index (χ0) is 61.7. The van der Waals surface area contributed by atoms with E-state index in [1.165, 1.54) is 18.2 Å². The van der Waals surface area contributed by atoms with Gasteiger partial charge in [0.15, 0.2) is 0 Å². The van der Waals surface area contributed by atoms with Gasteiger partial charge in [-0.25, -0.2) is 18.6 Å². The number of aromatic hydroxyl groups is 2. The van der Waals surface area contributed by atoms with E-state index in [2.05, 4.69) is 41.1 Å². The minimum Gasteiger partial charge on any atom is -0.508 e. The quantitative estimate of drug-likeness (QED) is 0.0150. The molecule has 460 valence electrons. The van der Waals surface area contributed by atoms with Crippen LogP contribution in [0.15, 0.2) is 74.4 Å². The molecular weight excluding hydrogens is 1150 g/mol. The monoisotopic (exact) mass is 1220 g/mol. The molecule has 3 fully saturated rings. The van der Waals surface area contributed by atoms with E-state index in [0.717, 1.165) is 18.2 Å². The van der Waals surface area contributed by atoms with E-state index in [-0.39, 0.29) is 110 Å². The predicted molar refractivity (Wildman–Crippen MR) is 305 cm³/mol. The second kappa shape index (κ2) is 41.3. The van der Waals surface area contributed by atoms with E-state index < -0.39 is 33.1 Å². The van der Waals surface area contributed by atoms with Gasteiger partial charge in [-0.1, -0.05) is 19.7 Å². The van der Waals surface area contributed by atoms with Crippen molar-refractivity contribution in [1.29, 1.82) is 0 Å². The number of unbranched alkanes of at least 4 members (excludes halogenated alkanes) is 3. The molecule has 0 atom stereocenters. The second-order valence-electron chi connectivity index (χ2n) is 19.6. The standard InChI is InChI=1S/C37H48O12.C15H22O6.C7H8O2.Cl2OS/c1-4-32(38)44-20-6-8-22-46-34(40)26-10-14-28(15-11-26)36(42)48-30-18-19-31(25(3)24-30)49-37(43)29-16-12-27(13-17-29)35(41)47-23-9-7-21-45-33(39)5-2;1-2-13(16)20-9-3-4-10-21-15(19)12-7-5-11(6-8-12)14(17)18;1-5-4-6(8)2-3-7(5)9;1-4(2)3/h4-5,18-19,24,26-29H,1-2,6-17,20-23H2,3H3;2,11-12H,1,3-10H2,(H,17,18);2-4,8-9H,1H3;. The van der Waals surface area contributed by atoms with Crippen LogP contribution in [0.4, 0.5) is 0 Å². The third kappa shape index (κ3) is 30.9. The number of phenolic OH excluding ortho intramolecular Hbond substituents is 2. The first kappa shape index (κ1) is 72.3. The van der Waals surface area contributed by atoms with Crippen LogP contribution < -0.4 is 9.47 Å². The Morgan fingerprint density at radius 1 is 0.470 bits per heavy atom. The Kier molecular flexibility index (Phi) is 35.9. The van der Waals surface area contributed by atoms with Crippen LogP contribution in [0.1, 0.15) is 127 Å². The Morgan fingerprint density at radius 3 is 1.08 bits per heavy atom. The number of hydrogen-bond acceptors (Lipinski definition) is 20. The molecule has 24 heteroatoms. The first-order valence-corrected chi connectivity index (χ1v) is 30.3. The summed E-state index contributed by atoms with van der Waals surface area (Å²) in [4.78, 5) is 106. The summed E-state index contributed by atoms with van der Waals surface area (Å²) in [6, 6.07) is 9.26. The highest BCUT2D eigenvalue weighted by molar-refractivity contribution is 8.26. The molecule has 0 spiro atoms. The number of ether oxygens (including phenoxy) is 8. The number of hydrogen-bond donors (Lipinski definition) is 3. The smallest absolute Gasteiger partial charge is 0.330 e. The molecule has 3 aliphatic carbocycles. The lowest BCUT2D eigenvalue weighted by atomic mass is 9.82. The van der Waals surface area contributed by atoms with Gasteiger partial charge in [-0.05, 0) is 177 Å². The van der Waals surface area contributed by atoms with Gasteiger partial charge < -0.3 is 53.2 Å². The molecule has 21 nitrogen and oxygen atoms in total. The molecule has 0 bridgehead atoms. The van der Waals surface area contributed by atoms with Gasteiger partial charge in [0, 0.05) is 39.6 Å². The summed E-state index contributed by atoms with van der Waals surface area (Å²) < 4.78 is 50.8. The number of carboxylic acids is 1. The van der Waals surface area contributed by atoms with Gasteiger partial charge >= 0.3 is 53.7 Å². The van der Waals surface area contributed by atoms with Gasteiger partial charge in [-0.3, -0.25) is 28.8 Å². The summed E-state index contributed by atoms with van der Waals surface area (Å²) in [5.74, 6) is -4.30. The highest BCUT2D eigenvalue weighted by Crippen LogP contribution is 2.35. The predicted octanol–water partition coefficient (Wildman–Crippen LogP) is 9.90. The minimum atomic E-state index is -1.67. The van der Waals surface area contributed by atoms with E-state index in [1.54, 1.807) is 32.0 Å². The third-order valence-corrected chi connectivity index (χ3v) is 13.5. The van der Waals surface area contributed by atoms with Crippen molar-refractivity contribution in [2.24, 2.45) is 35.5 Å². The molecule has 83 heavy (non-hydrogen) atoms. The van der Waals surface area contributed by atoms with E-state index in [9.17, 15) is 43.2 Å². The molecule has 3 N–H and O–H groups in total. The summed E-state index contributed by atoms with van der Waals surface area (Å²) in [7, 11) is 7.36. The first-order valence-electron chi connectivity index (χ1n) is 27.5. The van der Waals surface area contributed by atoms with Crippen molar-refractivity contribution in [2.75, 3.05) is 39.6 Å². The lowest BCUT2D eigenvalue weighted by Gasteiger charge is -2.26. The van der Waals surface area contributed by atoms with Gasteiger partial charge in [0.1, 0.15) is 23.0 Å². The first-order chi connectivity index (χ1) is 39.6. The van der Waals surface area contributed by atoms with Crippen molar-refractivity contribution in [3.8, 4) is 23.0 Å². The fraction of sp³-hybridized carbons (Fsp3) is 0.542. The molecule has 0 aromatic heterocycles. The molecule has 3 aliphatic rings. The zero-order valence-electron chi connectivity index (χ0n) is 47.1. The summed E-state index contributed by atoms with van der Waals surface area (Å²) >= 11 is 0. The molecule has 0 aliphatic heterocycles. The highest BCUT2D eigenvalue weighted by atomic mass is 36.0. The number of benzene rings is 2. The van der Waals surface area contributed by atoms with Crippen LogP contribution in [0.3, 0.4) is 0 Å². The third-order valence-electron chi connectivity index (χ3n) is 13.5. The van der Waals surface area contributed by atoms with Crippen molar-refractivity contribution in [2.45, 2.75) is 129 Å².